The van der Waals surface area contributed by atoms with Crippen LogP contribution in [0.4, 0.5) is 4.39 Å². The maximum absolute atomic E-state index is 13.5. The molecule has 2 aromatic rings. The highest BCUT2D eigenvalue weighted by Crippen LogP contribution is 2.18. The summed E-state index contributed by atoms with van der Waals surface area (Å²) in [6.45, 7) is 0.396. The normalized spacial score (nSPS) is 11.9. The summed E-state index contributed by atoms with van der Waals surface area (Å²) in [5.41, 5.74) is 1.08. The standard InChI is InChI=1S/C17H18FNO2/c18-16-9-5-4-8-15(16)17(21)19-12-14(10-11-20)13-6-2-1-3-7-13/h1-9,14,20H,10-12H2,(H,19,21). The third-order valence-electron chi connectivity index (χ3n) is 3.38. The van der Waals surface area contributed by atoms with E-state index in [4.69, 9.17) is 5.11 Å². The van der Waals surface area contributed by atoms with Crippen molar-refractivity contribution in [2.45, 2.75) is 12.3 Å². The van der Waals surface area contributed by atoms with Gasteiger partial charge < -0.3 is 10.4 Å². The average molecular weight is 287 g/mol. The smallest absolute Gasteiger partial charge is 0.254 e. The highest BCUT2D eigenvalue weighted by atomic mass is 19.1. The van der Waals surface area contributed by atoms with Crippen molar-refractivity contribution < 1.29 is 14.3 Å². The lowest BCUT2D eigenvalue weighted by molar-refractivity contribution is 0.0945. The molecule has 1 atom stereocenters. The van der Waals surface area contributed by atoms with Crippen LogP contribution in [-0.4, -0.2) is 24.2 Å². The van der Waals surface area contributed by atoms with Crippen molar-refractivity contribution in [2.75, 3.05) is 13.2 Å². The molecule has 2 rings (SSSR count). The largest absolute Gasteiger partial charge is 0.396 e. The minimum absolute atomic E-state index is 0.00641. The van der Waals surface area contributed by atoms with Crippen LogP contribution in [-0.2, 0) is 0 Å². The lowest BCUT2D eigenvalue weighted by Gasteiger charge is -2.17. The topological polar surface area (TPSA) is 49.3 Å². The molecule has 0 radical (unpaired) electrons. The summed E-state index contributed by atoms with van der Waals surface area (Å²) in [6, 6.07) is 15.5. The molecule has 0 spiro atoms. The van der Waals surface area contributed by atoms with Crippen LogP contribution in [0.2, 0.25) is 0 Å². The molecule has 0 aliphatic rings. The van der Waals surface area contributed by atoms with Crippen LogP contribution in [0, 0.1) is 5.82 Å². The highest BCUT2D eigenvalue weighted by molar-refractivity contribution is 5.94. The van der Waals surface area contributed by atoms with Gasteiger partial charge in [0.25, 0.3) is 5.91 Å². The quantitative estimate of drug-likeness (QED) is 0.858. The van der Waals surface area contributed by atoms with Crippen LogP contribution in [0.3, 0.4) is 0 Å². The Balaban J connectivity index is 2.02. The Kier molecular flexibility index (Phi) is 5.46. The molecule has 0 heterocycles. The van der Waals surface area contributed by atoms with E-state index < -0.39 is 11.7 Å². The van der Waals surface area contributed by atoms with E-state index in [1.54, 1.807) is 12.1 Å². The Hall–Kier alpha value is -2.20. The summed E-state index contributed by atoms with van der Waals surface area (Å²) in [7, 11) is 0. The molecule has 0 saturated heterocycles. The second-order valence-electron chi connectivity index (χ2n) is 4.81. The first kappa shape index (κ1) is 15.2. The zero-order chi connectivity index (χ0) is 15.1. The molecule has 3 nitrogen and oxygen atoms in total. The SMILES string of the molecule is O=C(NCC(CCO)c1ccccc1)c1ccccc1F. The molecule has 0 saturated carbocycles. The van der Waals surface area contributed by atoms with Crippen LogP contribution in [0.1, 0.15) is 28.3 Å². The van der Waals surface area contributed by atoms with Crippen molar-refractivity contribution in [1.29, 1.82) is 0 Å². The number of hydrogen-bond donors (Lipinski definition) is 2. The molecule has 1 amide bonds. The maximum atomic E-state index is 13.5. The summed E-state index contributed by atoms with van der Waals surface area (Å²) in [5, 5.41) is 11.9. The van der Waals surface area contributed by atoms with Crippen molar-refractivity contribution in [2.24, 2.45) is 0 Å². The number of carbonyl (C=O) groups excluding carboxylic acids is 1. The number of hydrogen-bond acceptors (Lipinski definition) is 2. The van der Waals surface area contributed by atoms with Crippen LogP contribution in [0.25, 0.3) is 0 Å². The highest BCUT2D eigenvalue weighted by Gasteiger charge is 2.15. The first-order valence-corrected chi connectivity index (χ1v) is 6.91. The summed E-state index contributed by atoms with van der Waals surface area (Å²) in [6.07, 6.45) is 0.543. The molecule has 1 unspecified atom stereocenters. The van der Waals surface area contributed by atoms with E-state index >= 15 is 0 Å². The third kappa shape index (κ3) is 4.13. The minimum Gasteiger partial charge on any atom is -0.396 e. The van der Waals surface area contributed by atoms with Crippen molar-refractivity contribution in [3.8, 4) is 0 Å². The molecule has 110 valence electrons. The fourth-order valence-electron chi connectivity index (χ4n) is 2.22. The molecular weight excluding hydrogens is 269 g/mol. The number of halogens is 1. The number of carbonyl (C=O) groups is 1. The third-order valence-corrected chi connectivity index (χ3v) is 3.38. The van der Waals surface area contributed by atoms with Crippen molar-refractivity contribution in [1.82, 2.24) is 5.32 Å². The van der Waals surface area contributed by atoms with Crippen molar-refractivity contribution in [3.05, 3.63) is 71.5 Å². The molecule has 21 heavy (non-hydrogen) atoms. The van der Waals surface area contributed by atoms with E-state index in [-0.39, 0.29) is 18.1 Å². The Morgan fingerprint density at radius 1 is 1.10 bits per heavy atom. The lowest BCUT2D eigenvalue weighted by Crippen LogP contribution is -2.29. The van der Waals surface area contributed by atoms with E-state index in [0.29, 0.717) is 13.0 Å². The molecular formula is C17H18FNO2. The Morgan fingerprint density at radius 2 is 1.76 bits per heavy atom. The zero-order valence-corrected chi connectivity index (χ0v) is 11.6. The van der Waals surface area contributed by atoms with Crippen LogP contribution in [0.5, 0.6) is 0 Å². The first-order chi connectivity index (χ1) is 10.2. The van der Waals surface area contributed by atoms with E-state index in [0.717, 1.165) is 5.56 Å². The van der Waals surface area contributed by atoms with Crippen molar-refractivity contribution >= 4 is 5.91 Å². The number of nitrogens with one attached hydrogen (secondary N) is 1. The van der Waals surface area contributed by atoms with Gasteiger partial charge in [-0.25, -0.2) is 4.39 Å². The molecule has 2 aromatic carbocycles. The molecule has 2 N–H and O–H groups in total. The number of aliphatic hydroxyl groups is 1. The van der Waals surface area contributed by atoms with Crippen molar-refractivity contribution in [3.63, 3.8) is 0 Å². The molecule has 0 fully saturated rings. The number of amides is 1. The summed E-state index contributed by atoms with van der Waals surface area (Å²) in [4.78, 5) is 12.0. The predicted octanol–water partition coefficient (Wildman–Crippen LogP) is 2.72. The van der Waals surface area contributed by atoms with Gasteiger partial charge in [0.15, 0.2) is 0 Å². The van der Waals surface area contributed by atoms with E-state index in [2.05, 4.69) is 5.32 Å². The predicted molar refractivity (Wildman–Crippen MR) is 79.6 cm³/mol. The van der Waals surface area contributed by atoms with E-state index in [1.807, 2.05) is 30.3 Å². The second kappa shape index (κ2) is 7.55. The fourth-order valence-corrected chi connectivity index (χ4v) is 2.22. The first-order valence-electron chi connectivity index (χ1n) is 6.91. The van der Waals surface area contributed by atoms with Gasteiger partial charge in [0.05, 0.1) is 5.56 Å². The zero-order valence-electron chi connectivity index (χ0n) is 11.6. The van der Waals surface area contributed by atoms with Crippen LogP contribution < -0.4 is 5.32 Å². The summed E-state index contributed by atoms with van der Waals surface area (Å²) in [5.74, 6) is -0.965. The van der Waals surface area contributed by atoms with Gasteiger partial charge in [-0.2, -0.15) is 0 Å². The number of benzene rings is 2. The van der Waals surface area contributed by atoms with E-state index in [1.165, 1.54) is 12.1 Å². The summed E-state index contributed by atoms with van der Waals surface area (Å²) < 4.78 is 13.5. The van der Waals surface area contributed by atoms with Gasteiger partial charge in [0, 0.05) is 19.1 Å². The van der Waals surface area contributed by atoms with Gasteiger partial charge in [-0.15, -0.1) is 0 Å². The van der Waals surface area contributed by atoms with Gasteiger partial charge >= 0.3 is 0 Å². The van der Waals surface area contributed by atoms with Gasteiger partial charge in [-0.1, -0.05) is 42.5 Å². The number of rotatable bonds is 6. The molecule has 0 bridgehead atoms. The van der Waals surface area contributed by atoms with Crippen LogP contribution in [0.15, 0.2) is 54.6 Å². The van der Waals surface area contributed by atoms with Gasteiger partial charge in [-0.05, 0) is 24.1 Å². The molecule has 0 aromatic heterocycles. The van der Waals surface area contributed by atoms with Gasteiger partial charge in [0.1, 0.15) is 5.82 Å². The van der Waals surface area contributed by atoms with Crippen LogP contribution >= 0.6 is 0 Å². The van der Waals surface area contributed by atoms with Gasteiger partial charge in [-0.3, -0.25) is 4.79 Å². The maximum Gasteiger partial charge on any atom is 0.254 e. The lowest BCUT2D eigenvalue weighted by atomic mass is 9.96. The average Bonchev–Trinajstić information content (AvgIpc) is 2.52. The Labute approximate surface area is 123 Å². The van der Waals surface area contributed by atoms with E-state index in [9.17, 15) is 9.18 Å². The molecule has 4 heteroatoms. The Morgan fingerprint density at radius 3 is 2.43 bits per heavy atom. The second-order valence-corrected chi connectivity index (χ2v) is 4.81. The summed E-state index contributed by atoms with van der Waals surface area (Å²) >= 11 is 0. The molecule has 0 aliphatic heterocycles. The monoisotopic (exact) mass is 287 g/mol. The fraction of sp³-hybridized carbons (Fsp3) is 0.235. The number of aliphatic hydroxyl groups excluding tert-OH is 1. The Bertz CT molecular complexity index is 586. The molecule has 0 aliphatic carbocycles. The minimum atomic E-state index is -0.534. The van der Waals surface area contributed by atoms with Gasteiger partial charge in [0.2, 0.25) is 0 Å².